The van der Waals surface area contributed by atoms with E-state index in [1.807, 2.05) is 79.0 Å². The minimum absolute atomic E-state index is 0.0396. The Bertz CT molecular complexity index is 1360. The number of carbonyl (C=O) groups is 1. The smallest absolute Gasteiger partial charge is 0.330 e. The van der Waals surface area contributed by atoms with E-state index in [1.54, 1.807) is 0 Å². The zero-order chi connectivity index (χ0) is 22.7. The number of hydrogen-bond acceptors (Lipinski definition) is 5. The van der Waals surface area contributed by atoms with Crippen LogP contribution in [0.25, 0.3) is 0 Å². The van der Waals surface area contributed by atoms with Crippen LogP contribution in [0.2, 0.25) is 0 Å². The highest BCUT2D eigenvalue weighted by Gasteiger charge is 2.27. The van der Waals surface area contributed by atoms with Crippen LogP contribution in [0.15, 0.2) is 81.7 Å². The Labute approximate surface area is 188 Å². The molecule has 0 aliphatic rings. The topological polar surface area (TPSA) is 101 Å². The maximum atomic E-state index is 13.5. The van der Waals surface area contributed by atoms with Gasteiger partial charge in [-0.25, -0.2) is 4.79 Å². The summed E-state index contributed by atoms with van der Waals surface area (Å²) in [6.07, 6.45) is 0. The average molecular weight is 447 g/mol. The zero-order valence-corrected chi connectivity index (χ0v) is 18.3. The molecule has 0 bridgehead atoms. The fourth-order valence-corrected chi connectivity index (χ4v) is 4.37. The normalized spacial score (nSPS) is 10.8. The molecule has 8 heteroatoms. The van der Waals surface area contributed by atoms with Crippen LogP contribution in [0.3, 0.4) is 0 Å². The molecule has 0 unspecified atom stereocenters. The highest BCUT2D eigenvalue weighted by Crippen LogP contribution is 2.26. The van der Waals surface area contributed by atoms with Crippen LogP contribution >= 0.6 is 11.3 Å². The summed E-state index contributed by atoms with van der Waals surface area (Å²) in [6, 6.07) is 20.5. The first-order valence-electron chi connectivity index (χ1n) is 10.0. The molecule has 0 radical (unpaired) electrons. The van der Waals surface area contributed by atoms with E-state index in [2.05, 4.69) is 4.98 Å². The molecule has 32 heavy (non-hydrogen) atoms. The first kappa shape index (κ1) is 21.3. The van der Waals surface area contributed by atoms with Crippen molar-refractivity contribution in [2.24, 2.45) is 0 Å². The van der Waals surface area contributed by atoms with E-state index in [0.717, 1.165) is 16.7 Å². The number of thiophene rings is 1. The number of aromatic amines is 1. The molecular formula is C24H22N4O3S. The van der Waals surface area contributed by atoms with Crippen LogP contribution in [0.1, 0.15) is 26.4 Å². The van der Waals surface area contributed by atoms with Gasteiger partial charge in [0, 0.05) is 0 Å². The lowest BCUT2D eigenvalue weighted by molar-refractivity contribution is 0.0988. The lowest BCUT2D eigenvalue weighted by Gasteiger charge is -2.24. The van der Waals surface area contributed by atoms with Crippen LogP contribution < -0.4 is 21.9 Å². The van der Waals surface area contributed by atoms with E-state index in [9.17, 15) is 14.4 Å². The number of hydrogen-bond donors (Lipinski definition) is 2. The molecule has 2 aromatic carbocycles. The highest BCUT2D eigenvalue weighted by molar-refractivity contribution is 7.12. The van der Waals surface area contributed by atoms with Crippen molar-refractivity contribution in [1.29, 1.82) is 0 Å². The van der Waals surface area contributed by atoms with E-state index >= 15 is 0 Å². The summed E-state index contributed by atoms with van der Waals surface area (Å²) < 4.78 is 1.28. The molecule has 4 rings (SSSR count). The van der Waals surface area contributed by atoms with Gasteiger partial charge in [-0.3, -0.25) is 24.0 Å². The molecule has 0 atom stereocenters. The predicted octanol–water partition coefficient (Wildman–Crippen LogP) is 3.38. The third-order valence-electron chi connectivity index (χ3n) is 5.15. The van der Waals surface area contributed by atoms with Crippen LogP contribution in [-0.2, 0) is 13.1 Å². The van der Waals surface area contributed by atoms with Crippen molar-refractivity contribution >= 4 is 28.7 Å². The Morgan fingerprint density at radius 2 is 1.62 bits per heavy atom. The van der Waals surface area contributed by atoms with Crippen LogP contribution in [-0.4, -0.2) is 15.5 Å². The number of carbonyl (C=O) groups excluding carboxylic acids is 1. The van der Waals surface area contributed by atoms with Gasteiger partial charge >= 0.3 is 5.69 Å². The number of nitrogen functional groups attached to an aromatic ring is 1. The largest absolute Gasteiger partial charge is 0.383 e. The molecule has 0 fully saturated rings. The molecule has 0 saturated carbocycles. The molecule has 0 aliphatic carbocycles. The van der Waals surface area contributed by atoms with Gasteiger partial charge in [0.05, 0.1) is 18.0 Å². The van der Waals surface area contributed by atoms with Crippen molar-refractivity contribution in [3.8, 4) is 0 Å². The second-order valence-corrected chi connectivity index (χ2v) is 8.29. The van der Waals surface area contributed by atoms with Gasteiger partial charge in [0.15, 0.2) is 5.69 Å². The molecule has 7 nitrogen and oxygen atoms in total. The van der Waals surface area contributed by atoms with Gasteiger partial charge in [0.2, 0.25) is 0 Å². The highest BCUT2D eigenvalue weighted by atomic mass is 32.1. The fourth-order valence-electron chi connectivity index (χ4n) is 3.49. The van der Waals surface area contributed by atoms with Crippen molar-refractivity contribution in [2.45, 2.75) is 20.0 Å². The lowest BCUT2D eigenvalue weighted by atomic mass is 10.2. The number of aromatic nitrogens is 2. The summed E-state index contributed by atoms with van der Waals surface area (Å²) in [4.78, 5) is 43.2. The quantitative estimate of drug-likeness (QED) is 0.474. The summed E-state index contributed by atoms with van der Waals surface area (Å²) in [5.41, 5.74) is 7.49. The Balaban J connectivity index is 1.85. The fraction of sp³-hybridized carbons (Fsp3) is 0.125. The Hall–Kier alpha value is -3.91. The summed E-state index contributed by atoms with van der Waals surface area (Å²) in [6.45, 7) is 2.14. The number of nitrogens with one attached hydrogen (secondary N) is 1. The molecule has 0 spiro atoms. The van der Waals surface area contributed by atoms with Crippen molar-refractivity contribution in [3.63, 3.8) is 0 Å². The van der Waals surface area contributed by atoms with Crippen molar-refractivity contribution < 1.29 is 4.79 Å². The van der Waals surface area contributed by atoms with Crippen LogP contribution in [0.5, 0.6) is 0 Å². The second kappa shape index (κ2) is 9.07. The number of anilines is 2. The molecular weight excluding hydrogens is 424 g/mol. The van der Waals surface area contributed by atoms with Crippen molar-refractivity contribution in [2.75, 3.05) is 10.6 Å². The SMILES string of the molecule is Cc1ccsc1C(=O)N(Cc1ccccc1)c1c(N)n(Cc2ccccc2)c(=O)[nH]c1=O. The number of rotatable bonds is 6. The van der Waals surface area contributed by atoms with E-state index in [0.29, 0.717) is 4.88 Å². The minimum atomic E-state index is -0.699. The Morgan fingerprint density at radius 1 is 1.00 bits per heavy atom. The van der Waals surface area contributed by atoms with Gasteiger partial charge in [-0.15, -0.1) is 11.3 Å². The summed E-state index contributed by atoms with van der Waals surface area (Å²) in [5, 5.41) is 1.83. The zero-order valence-electron chi connectivity index (χ0n) is 17.4. The van der Waals surface area contributed by atoms with Crippen LogP contribution in [0, 0.1) is 6.92 Å². The Morgan fingerprint density at radius 3 is 2.22 bits per heavy atom. The Kier molecular flexibility index (Phi) is 6.04. The van der Waals surface area contributed by atoms with Crippen LogP contribution in [0.4, 0.5) is 11.5 Å². The summed E-state index contributed by atoms with van der Waals surface area (Å²) >= 11 is 1.30. The molecule has 162 valence electrons. The molecule has 3 N–H and O–H groups in total. The summed E-state index contributed by atoms with van der Waals surface area (Å²) in [5.74, 6) is -0.399. The predicted molar refractivity (Wildman–Crippen MR) is 127 cm³/mol. The third kappa shape index (κ3) is 4.26. The van der Waals surface area contributed by atoms with E-state index in [1.165, 1.54) is 20.8 Å². The van der Waals surface area contributed by atoms with Crippen molar-refractivity contribution in [1.82, 2.24) is 9.55 Å². The van der Waals surface area contributed by atoms with Gasteiger partial charge in [0.1, 0.15) is 5.82 Å². The van der Waals surface area contributed by atoms with Gasteiger partial charge in [0.25, 0.3) is 11.5 Å². The first-order valence-corrected chi connectivity index (χ1v) is 10.9. The van der Waals surface area contributed by atoms with Gasteiger partial charge in [-0.05, 0) is 35.1 Å². The van der Waals surface area contributed by atoms with Gasteiger partial charge < -0.3 is 5.73 Å². The maximum absolute atomic E-state index is 13.5. The number of nitrogens with zero attached hydrogens (tertiary/aromatic N) is 2. The number of aryl methyl sites for hydroxylation is 1. The second-order valence-electron chi connectivity index (χ2n) is 7.37. The molecule has 2 heterocycles. The number of benzene rings is 2. The monoisotopic (exact) mass is 446 g/mol. The number of H-pyrrole nitrogens is 1. The van der Waals surface area contributed by atoms with Gasteiger partial charge in [-0.1, -0.05) is 60.7 Å². The average Bonchev–Trinajstić information content (AvgIpc) is 3.22. The molecule has 0 saturated heterocycles. The summed E-state index contributed by atoms with van der Waals surface area (Å²) in [7, 11) is 0. The number of amides is 1. The standard InChI is InChI=1S/C24H22N4O3S/c1-16-12-13-32-20(16)23(30)27(14-17-8-4-2-5-9-17)19-21(25)28(24(31)26-22(19)29)15-18-10-6-3-7-11-18/h2-13H,14-15,25H2,1H3,(H,26,29,31). The molecule has 2 aromatic heterocycles. The molecule has 1 amide bonds. The third-order valence-corrected chi connectivity index (χ3v) is 6.16. The molecule has 0 aliphatic heterocycles. The van der Waals surface area contributed by atoms with Crippen molar-refractivity contribution in [3.05, 3.63) is 115 Å². The first-order chi connectivity index (χ1) is 15.5. The van der Waals surface area contributed by atoms with Gasteiger partial charge in [-0.2, -0.15) is 0 Å². The maximum Gasteiger partial charge on any atom is 0.330 e. The molecule has 4 aromatic rings. The van der Waals surface area contributed by atoms with E-state index < -0.39 is 11.2 Å². The van der Waals surface area contributed by atoms with E-state index in [4.69, 9.17) is 5.73 Å². The number of nitrogens with two attached hydrogens (primary N) is 1. The minimum Gasteiger partial charge on any atom is -0.383 e. The van der Waals surface area contributed by atoms with E-state index in [-0.39, 0.29) is 30.5 Å². The lowest BCUT2D eigenvalue weighted by Crippen LogP contribution is -2.41.